The van der Waals surface area contributed by atoms with Crippen LogP contribution in [0.4, 0.5) is 10.5 Å². The number of hydrogen-bond donors (Lipinski definition) is 2. The molecule has 0 saturated carbocycles. The zero-order valence-corrected chi connectivity index (χ0v) is 17.5. The summed E-state index contributed by atoms with van der Waals surface area (Å²) < 4.78 is 10.0. The molecule has 0 aromatic heterocycles. The van der Waals surface area contributed by atoms with Gasteiger partial charge in [-0.15, -0.1) is 0 Å². The Hall–Kier alpha value is -2.73. The van der Waals surface area contributed by atoms with Gasteiger partial charge in [-0.3, -0.25) is 0 Å². The van der Waals surface area contributed by atoms with Gasteiger partial charge in [0.05, 0.1) is 18.4 Å². The van der Waals surface area contributed by atoms with Gasteiger partial charge < -0.3 is 20.1 Å². The molecule has 7 heteroatoms. The van der Waals surface area contributed by atoms with Crippen molar-refractivity contribution in [2.75, 3.05) is 19.0 Å². The molecule has 0 aliphatic carbocycles. The zero-order valence-electron chi connectivity index (χ0n) is 16.7. The minimum Gasteiger partial charge on any atom is -0.465 e. The number of nitrogens with one attached hydrogen (secondary N) is 2. The molecule has 2 aromatic carbocycles. The third-order valence-electron chi connectivity index (χ3n) is 4.34. The maximum Gasteiger partial charge on any atom is 0.407 e. The molecular weight excluding hydrogens is 392 g/mol. The van der Waals surface area contributed by atoms with Crippen LogP contribution in [-0.2, 0) is 16.1 Å². The molecule has 2 aromatic rings. The highest BCUT2D eigenvalue weighted by Crippen LogP contribution is 2.22. The summed E-state index contributed by atoms with van der Waals surface area (Å²) in [5.74, 6) is -0.406. The number of hydrogen-bond acceptors (Lipinski definition) is 5. The molecule has 0 aliphatic heterocycles. The normalized spacial score (nSPS) is 11.4. The van der Waals surface area contributed by atoms with Crippen molar-refractivity contribution in [3.05, 3.63) is 64.7 Å². The molecule has 2 rings (SSSR count). The lowest BCUT2D eigenvalue weighted by Gasteiger charge is -2.15. The fraction of sp³-hybridized carbons (Fsp3) is 0.364. The summed E-state index contributed by atoms with van der Waals surface area (Å²) in [6, 6.07) is 14.6. The van der Waals surface area contributed by atoms with Crippen LogP contribution < -0.4 is 10.6 Å². The van der Waals surface area contributed by atoms with Crippen LogP contribution >= 0.6 is 11.6 Å². The van der Waals surface area contributed by atoms with Crippen molar-refractivity contribution in [1.82, 2.24) is 5.32 Å². The molecule has 0 saturated heterocycles. The number of carbonyl (C=O) groups is 2. The van der Waals surface area contributed by atoms with E-state index in [0.29, 0.717) is 22.8 Å². The molecule has 2 N–H and O–H groups in total. The van der Waals surface area contributed by atoms with Crippen LogP contribution in [0.3, 0.4) is 0 Å². The van der Waals surface area contributed by atoms with Gasteiger partial charge in [-0.05, 0) is 49.9 Å². The number of esters is 1. The first-order valence-electron chi connectivity index (χ1n) is 9.58. The van der Waals surface area contributed by atoms with Crippen molar-refractivity contribution in [2.24, 2.45) is 0 Å². The van der Waals surface area contributed by atoms with E-state index in [4.69, 9.17) is 21.1 Å². The summed E-state index contributed by atoms with van der Waals surface area (Å²) in [4.78, 5) is 23.7. The molecule has 0 heterocycles. The Morgan fingerprint density at radius 2 is 1.86 bits per heavy atom. The molecule has 0 aliphatic rings. The monoisotopic (exact) mass is 418 g/mol. The van der Waals surface area contributed by atoms with E-state index >= 15 is 0 Å². The third-order valence-corrected chi connectivity index (χ3v) is 4.58. The minimum absolute atomic E-state index is 0.00933. The molecule has 156 valence electrons. The molecular formula is C22H27ClN2O4. The van der Waals surface area contributed by atoms with Gasteiger partial charge in [0.25, 0.3) is 0 Å². The van der Waals surface area contributed by atoms with Crippen LogP contribution in [-0.4, -0.2) is 31.8 Å². The molecule has 6 nitrogen and oxygen atoms in total. The Morgan fingerprint density at radius 3 is 2.59 bits per heavy atom. The maximum absolute atomic E-state index is 11.9. The highest BCUT2D eigenvalue weighted by Gasteiger charge is 2.12. The second kappa shape index (κ2) is 12.0. The van der Waals surface area contributed by atoms with E-state index in [1.807, 2.05) is 37.3 Å². The van der Waals surface area contributed by atoms with Crippen molar-refractivity contribution in [3.63, 3.8) is 0 Å². The van der Waals surface area contributed by atoms with Gasteiger partial charge in [0.15, 0.2) is 0 Å². The summed E-state index contributed by atoms with van der Waals surface area (Å²) >= 11 is 6.02. The van der Waals surface area contributed by atoms with Gasteiger partial charge in [0.1, 0.15) is 6.61 Å². The molecule has 1 unspecified atom stereocenters. The van der Waals surface area contributed by atoms with E-state index in [2.05, 4.69) is 10.6 Å². The Labute approximate surface area is 176 Å². The smallest absolute Gasteiger partial charge is 0.407 e. The Balaban J connectivity index is 1.65. The van der Waals surface area contributed by atoms with Crippen LogP contribution in [0.1, 0.15) is 42.1 Å². The first kappa shape index (κ1) is 22.6. The highest BCUT2D eigenvalue weighted by atomic mass is 35.5. The van der Waals surface area contributed by atoms with E-state index in [0.717, 1.165) is 24.8 Å². The van der Waals surface area contributed by atoms with Crippen LogP contribution in [0, 0.1) is 0 Å². The number of alkyl carbamates (subject to hydrolysis) is 1. The Kier molecular flexibility index (Phi) is 9.31. The van der Waals surface area contributed by atoms with Gasteiger partial charge in [-0.25, -0.2) is 9.59 Å². The van der Waals surface area contributed by atoms with Gasteiger partial charge in [-0.1, -0.05) is 41.9 Å². The molecule has 0 fully saturated rings. The van der Waals surface area contributed by atoms with E-state index in [9.17, 15) is 9.59 Å². The number of rotatable bonds is 10. The summed E-state index contributed by atoms with van der Waals surface area (Å²) in [5.41, 5.74) is 2.06. The summed E-state index contributed by atoms with van der Waals surface area (Å²) in [7, 11) is 1.35. The van der Waals surface area contributed by atoms with Crippen molar-refractivity contribution in [1.29, 1.82) is 0 Å². The van der Waals surface area contributed by atoms with Gasteiger partial charge in [0, 0.05) is 17.6 Å². The number of unbranched alkanes of at least 4 members (excludes halogenated alkanes) is 1. The lowest BCUT2D eigenvalue weighted by molar-refractivity contribution is 0.0601. The minimum atomic E-state index is -0.416. The summed E-state index contributed by atoms with van der Waals surface area (Å²) in [6.07, 6.45) is 2.18. The average molecular weight is 419 g/mol. The average Bonchev–Trinajstić information content (AvgIpc) is 2.72. The van der Waals surface area contributed by atoms with Crippen molar-refractivity contribution < 1.29 is 19.1 Å². The lowest BCUT2D eigenvalue weighted by Crippen LogP contribution is -2.33. The fourth-order valence-electron chi connectivity index (χ4n) is 2.79. The van der Waals surface area contributed by atoms with E-state index in [1.165, 1.54) is 7.11 Å². The Morgan fingerprint density at radius 1 is 1.10 bits per heavy atom. The standard InChI is InChI=1S/C22H27ClN2O4/c1-16(25-22(27)29-15-17-9-4-3-5-10-17)8-6-7-13-24-20-14-18(23)11-12-19(20)21(26)28-2/h3-5,9-12,14,16,24H,6-8,13,15H2,1-2H3,(H,25,27). The first-order chi connectivity index (χ1) is 14.0. The highest BCUT2D eigenvalue weighted by molar-refractivity contribution is 6.31. The van der Waals surface area contributed by atoms with Gasteiger partial charge in [0.2, 0.25) is 0 Å². The second-order valence-electron chi connectivity index (χ2n) is 6.71. The largest absolute Gasteiger partial charge is 0.465 e. The number of anilines is 1. The number of methoxy groups -OCH3 is 1. The Bertz CT molecular complexity index is 799. The van der Waals surface area contributed by atoms with Gasteiger partial charge >= 0.3 is 12.1 Å². The SMILES string of the molecule is COC(=O)c1ccc(Cl)cc1NCCCCC(C)NC(=O)OCc1ccccc1. The van der Waals surface area contributed by atoms with Crippen molar-refractivity contribution >= 4 is 29.4 Å². The van der Waals surface area contributed by atoms with E-state index < -0.39 is 12.1 Å². The molecule has 29 heavy (non-hydrogen) atoms. The number of amides is 1. The lowest BCUT2D eigenvalue weighted by atomic mass is 10.1. The predicted octanol–water partition coefficient (Wildman–Crippen LogP) is 5.02. The second-order valence-corrected chi connectivity index (χ2v) is 7.15. The molecule has 0 radical (unpaired) electrons. The first-order valence-corrected chi connectivity index (χ1v) is 9.96. The van der Waals surface area contributed by atoms with Crippen LogP contribution in [0.15, 0.2) is 48.5 Å². The fourth-order valence-corrected chi connectivity index (χ4v) is 2.96. The van der Waals surface area contributed by atoms with Crippen molar-refractivity contribution in [2.45, 2.75) is 38.8 Å². The van der Waals surface area contributed by atoms with E-state index in [1.54, 1.807) is 18.2 Å². The zero-order chi connectivity index (χ0) is 21.1. The quantitative estimate of drug-likeness (QED) is 0.418. The van der Waals surface area contributed by atoms with Crippen LogP contribution in [0.2, 0.25) is 5.02 Å². The van der Waals surface area contributed by atoms with Gasteiger partial charge in [-0.2, -0.15) is 0 Å². The maximum atomic E-state index is 11.9. The number of benzene rings is 2. The molecule has 1 amide bonds. The molecule has 0 bridgehead atoms. The number of carbonyl (C=O) groups excluding carboxylic acids is 2. The van der Waals surface area contributed by atoms with Crippen molar-refractivity contribution in [3.8, 4) is 0 Å². The number of halogens is 1. The predicted molar refractivity (Wildman–Crippen MR) is 114 cm³/mol. The summed E-state index contributed by atoms with van der Waals surface area (Å²) in [5, 5.41) is 6.61. The van der Waals surface area contributed by atoms with Crippen LogP contribution in [0.25, 0.3) is 0 Å². The molecule has 0 spiro atoms. The van der Waals surface area contributed by atoms with Crippen LogP contribution in [0.5, 0.6) is 0 Å². The van der Waals surface area contributed by atoms with E-state index in [-0.39, 0.29) is 12.6 Å². The number of ether oxygens (including phenoxy) is 2. The summed E-state index contributed by atoms with van der Waals surface area (Å²) in [6.45, 7) is 2.88. The topological polar surface area (TPSA) is 76.7 Å². The molecule has 1 atom stereocenters. The third kappa shape index (κ3) is 8.03.